The van der Waals surface area contributed by atoms with Gasteiger partial charge in [0.05, 0.1) is 29.4 Å². The maximum Gasteiger partial charge on any atom is 0.251 e. The lowest BCUT2D eigenvalue weighted by Gasteiger charge is -2.17. The van der Waals surface area contributed by atoms with Gasteiger partial charge >= 0.3 is 0 Å². The third-order valence-corrected chi connectivity index (χ3v) is 4.93. The molecule has 28 heavy (non-hydrogen) atoms. The van der Waals surface area contributed by atoms with E-state index in [2.05, 4.69) is 10.1 Å². The second kappa shape index (κ2) is 7.31. The molecule has 6 heteroatoms. The summed E-state index contributed by atoms with van der Waals surface area (Å²) in [6, 6.07) is 13.1. The highest BCUT2D eigenvalue weighted by molar-refractivity contribution is 5.98. The van der Waals surface area contributed by atoms with E-state index in [1.54, 1.807) is 23.9 Å². The van der Waals surface area contributed by atoms with Gasteiger partial charge in [-0.2, -0.15) is 0 Å². The largest absolute Gasteiger partial charge is 0.496 e. The molecule has 0 radical (unpaired) electrons. The summed E-state index contributed by atoms with van der Waals surface area (Å²) in [7, 11) is 1.63. The fourth-order valence-corrected chi connectivity index (χ4v) is 3.62. The zero-order chi connectivity index (χ0) is 19.7. The van der Waals surface area contributed by atoms with Crippen molar-refractivity contribution in [2.75, 3.05) is 7.11 Å². The number of aromatic nitrogens is 3. The molecule has 0 aliphatic heterocycles. The van der Waals surface area contributed by atoms with Gasteiger partial charge in [0.25, 0.3) is 5.56 Å². The van der Waals surface area contributed by atoms with Gasteiger partial charge in [0.15, 0.2) is 0 Å². The second-order valence-corrected chi connectivity index (χ2v) is 6.67. The van der Waals surface area contributed by atoms with Gasteiger partial charge in [-0.3, -0.25) is 9.78 Å². The Kier molecular flexibility index (Phi) is 4.69. The summed E-state index contributed by atoms with van der Waals surface area (Å²) < 4.78 is 12.8. The molecule has 142 valence electrons. The fraction of sp³-hybridized carbons (Fsp3) is 0.227. The lowest BCUT2D eigenvalue weighted by atomic mass is 9.98. The molecule has 4 rings (SSSR count). The summed E-state index contributed by atoms with van der Waals surface area (Å²) in [6.45, 7) is 4.27. The maximum atomic E-state index is 12.8. The molecule has 1 aromatic carbocycles. The molecule has 0 fully saturated rings. The van der Waals surface area contributed by atoms with Crippen LogP contribution in [0.5, 0.6) is 5.75 Å². The Hall–Kier alpha value is -3.41. The molecule has 0 aliphatic carbocycles. The van der Waals surface area contributed by atoms with Crippen LogP contribution in [0.4, 0.5) is 0 Å². The highest BCUT2D eigenvalue weighted by Crippen LogP contribution is 2.39. The van der Waals surface area contributed by atoms with Crippen LogP contribution in [0.25, 0.3) is 22.0 Å². The first-order chi connectivity index (χ1) is 13.6. The van der Waals surface area contributed by atoms with Crippen molar-refractivity contribution < 1.29 is 9.26 Å². The molecule has 0 unspecified atom stereocenters. The molecule has 0 aliphatic rings. The van der Waals surface area contributed by atoms with Crippen molar-refractivity contribution in [3.05, 3.63) is 76.2 Å². The van der Waals surface area contributed by atoms with E-state index in [0.717, 1.165) is 33.4 Å². The van der Waals surface area contributed by atoms with E-state index in [4.69, 9.17) is 9.26 Å². The number of hydrogen-bond donors (Lipinski definition) is 0. The summed E-state index contributed by atoms with van der Waals surface area (Å²) >= 11 is 0. The first kappa shape index (κ1) is 18.0. The summed E-state index contributed by atoms with van der Waals surface area (Å²) in [5.41, 5.74) is 4.14. The van der Waals surface area contributed by atoms with Crippen molar-refractivity contribution in [1.29, 1.82) is 0 Å². The van der Waals surface area contributed by atoms with Gasteiger partial charge < -0.3 is 13.8 Å². The normalized spacial score (nSPS) is 11.1. The van der Waals surface area contributed by atoms with Crippen molar-refractivity contribution in [2.24, 2.45) is 0 Å². The molecule has 0 atom stereocenters. The van der Waals surface area contributed by atoms with Crippen LogP contribution < -0.4 is 10.3 Å². The number of nitrogens with zero attached hydrogens (tertiary/aromatic N) is 3. The SMILES string of the molecule is COc1ccc2ccc(=O)n(CCc3ccccn3)c2c1-c1c(C)noc1C. The Labute approximate surface area is 162 Å². The molecule has 0 saturated heterocycles. The minimum atomic E-state index is -0.0651. The summed E-state index contributed by atoms with van der Waals surface area (Å²) in [4.78, 5) is 17.2. The van der Waals surface area contributed by atoms with Crippen LogP contribution in [0.3, 0.4) is 0 Å². The fourth-order valence-electron chi connectivity index (χ4n) is 3.62. The van der Waals surface area contributed by atoms with Gasteiger partial charge in [0.1, 0.15) is 11.5 Å². The average molecular weight is 375 g/mol. The Morgan fingerprint density at radius 3 is 2.57 bits per heavy atom. The molecule has 0 amide bonds. The van der Waals surface area contributed by atoms with Crippen molar-refractivity contribution >= 4 is 10.9 Å². The van der Waals surface area contributed by atoms with E-state index in [1.165, 1.54) is 0 Å². The summed E-state index contributed by atoms with van der Waals surface area (Å²) in [6.07, 6.45) is 2.41. The van der Waals surface area contributed by atoms with Gasteiger partial charge in [0, 0.05) is 30.9 Å². The van der Waals surface area contributed by atoms with Gasteiger partial charge in [-0.25, -0.2) is 0 Å². The van der Waals surface area contributed by atoms with Crippen LogP contribution in [-0.4, -0.2) is 21.8 Å². The number of rotatable bonds is 5. The number of ether oxygens (including phenoxy) is 1. The summed E-state index contributed by atoms with van der Waals surface area (Å²) in [5.74, 6) is 1.37. The van der Waals surface area contributed by atoms with Crippen molar-refractivity contribution in [1.82, 2.24) is 14.7 Å². The monoisotopic (exact) mass is 375 g/mol. The molecule has 0 saturated carbocycles. The van der Waals surface area contributed by atoms with Crippen LogP contribution >= 0.6 is 0 Å². The van der Waals surface area contributed by atoms with Crippen LogP contribution in [0, 0.1) is 13.8 Å². The van der Waals surface area contributed by atoms with E-state index in [0.29, 0.717) is 24.5 Å². The third kappa shape index (κ3) is 3.07. The highest BCUT2D eigenvalue weighted by Gasteiger charge is 2.21. The smallest absolute Gasteiger partial charge is 0.251 e. The molecule has 3 heterocycles. The molecule has 0 spiro atoms. The number of pyridine rings is 2. The minimum absolute atomic E-state index is 0.0651. The molecular formula is C22H21N3O3. The van der Waals surface area contributed by atoms with Gasteiger partial charge in [-0.05, 0) is 49.6 Å². The standard InChI is InChI=1S/C22H21N3O3/c1-14-20(15(2)28-24-14)21-18(27-3)9-7-16-8-10-19(26)25(22(16)21)13-11-17-6-4-5-12-23-17/h4-10,12H,11,13H2,1-3H3. The lowest BCUT2D eigenvalue weighted by Crippen LogP contribution is -2.21. The zero-order valence-electron chi connectivity index (χ0n) is 16.1. The number of benzene rings is 1. The summed E-state index contributed by atoms with van der Waals surface area (Å²) in [5, 5.41) is 5.05. The van der Waals surface area contributed by atoms with Crippen LogP contribution in [0.1, 0.15) is 17.1 Å². The third-order valence-electron chi connectivity index (χ3n) is 4.93. The Balaban J connectivity index is 1.97. The first-order valence-electron chi connectivity index (χ1n) is 9.14. The van der Waals surface area contributed by atoms with Crippen LogP contribution in [-0.2, 0) is 13.0 Å². The molecule has 6 nitrogen and oxygen atoms in total. The van der Waals surface area contributed by atoms with E-state index >= 15 is 0 Å². The van der Waals surface area contributed by atoms with Gasteiger partial charge in [0.2, 0.25) is 0 Å². The molecule has 3 aromatic heterocycles. The molecule has 4 aromatic rings. The zero-order valence-corrected chi connectivity index (χ0v) is 16.1. The minimum Gasteiger partial charge on any atom is -0.496 e. The predicted octanol–water partition coefficient (Wildman–Crippen LogP) is 3.92. The Morgan fingerprint density at radius 1 is 1.07 bits per heavy atom. The average Bonchev–Trinajstić information content (AvgIpc) is 3.05. The van der Waals surface area contributed by atoms with E-state index < -0.39 is 0 Å². The first-order valence-corrected chi connectivity index (χ1v) is 9.14. The van der Waals surface area contributed by atoms with Crippen molar-refractivity contribution in [3.63, 3.8) is 0 Å². The van der Waals surface area contributed by atoms with Gasteiger partial charge in [-0.15, -0.1) is 0 Å². The number of aryl methyl sites for hydroxylation is 4. The maximum absolute atomic E-state index is 12.8. The number of methoxy groups -OCH3 is 1. The van der Waals surface area contributed by atoms with Gasteiger partial charge in [-0.1, -0.05) is 11.2 Å². The Morgan fingerprint density at radius 2 is 1.89 bits per heavy atom. The topological polar surface area (TPSA) is 70.2 Å². The predicted molar refractivity (Wildman–Crippen MR) is 108 cm³/mol. The van der Waals surface area contributed by atoms with E-state index in [-0.39, 0.29) is 5.56 Å². The van der Waals surface area contributed by atoms with Crippen molar-refractivity contribution in [3.8, 4) is 16.9 Å². The van der Waals surface area contributed by atoms with E-state index in [1.807, 2.05) is 50.2 Å². The molecule has 0 bridgehead atoms. The molecular weight excluding hydrogens is 354 g/mol. The highest BCUT2D eigenvalue weighted by atomic mass is 16.5. The van der Waals surface area contributed by atoms with E-state index in [9.17, 15) is 4.79 Å². The quantitative estimate of drug-likeness (QED) is 0.529. The number of hydrogen-bond acceptors (Lipinski definition) is 5. The Bertz CT molecular complexity index is 1170. The number of fused-ring (bicyclic) bond motifs is 1. The van der Waals surface area contributed by atoms with Crippen LogP contribution in [0.2, 0.25) is 0 Å². The van der Waals surface area contributed by atoms with Crippen molar-refractivity contribution in [2.45, 2.75) is 26.8 Å². The van der Waals surface area contributed by atoms with Crippen LogP contribution in [0.15, 0.2) is 58.0 Å². The second-order valence-electron chi connectivity index (χ2n) is 6.67. The molecule has 0 N–H and O–H groups in total. The lowest BCUT2D eigenvalue weighted by molar-refractivity contribution is 0.393.